The Morgan fingerprint density at radius 3 is 3.00 bits per heavy atom. The summed E-state index contributed by atoms with van der Waals surface area (Å²) in [6.07, 6.45) is 1.02. The highest BCUT2D eigenvalue weighted by Gasteiger charge is 2.29. The monoisotopic (exact) mass is 392 g/mol. The topological polar surface area (TPSA) is 64.3 Å². The molecule has 6 nitrogen and oxygen atoms in total. The predicted octanol–water partition coefficient (Wildman–Crippen LogP) is 4.34. The third-order valence-corrected chi connectivity index (χ3v) is 6.02. The first-order chi connectivity index (χ1) is 13.8. The van der Waals surface area contributed by atoms with Crippen LogP contribution in [0, 0.1) is 0 Å². The maximum absolute atomic E-state index is 5.55. The molecule has 1 aliphatic rings. The van der Waals surface area contributed by atoms with Gasteiger partial charge in [-0.15, -0.1) is 11.3 Å². The van der Waals surface area contributed by atoms with Crippen molar-refractivity contribution in [3.05, 3.63) is 59.4 Å². The number of ether oxygens (including phenoxy) is 1. The molecule has 5 rings (SSSR count). The number of fused-ring (bicyclic) bond motifs is 1. The molecule has 142 valence electrons. The minimum Gasteiger partial charge on any atom is -0.494 e. The molecule has 4 heterocycles. The summed E-state index contributed by atoms with van der Waals surface area (Å²) in [5.41, 5.74) is 1.96. The van der Waals surface area contributed by atoms with E-state index in [1.54, 1.807) is 18.4 Å². The Kier molecular flexibility index (Phi) is 4.54. The molecule has 1 atom stereocenters. The molecule has 28 heavy (non-hydrogen) atoms. The summed E-state index contributed by atoms with van der Waals surface area (Å²) in [5.74, 6) is 2.51. The van der Waals surface area contributed by atoms with Crippen LogP contribution in [0.15, 0.2) is 52.4 Å². The molecular formula is C21H20N4O2S. The van der Waals surface area contributed by atoms with Crippen LogP contribution in [0.5, 0.6) is 5.75 Å². The van der Waals surface area contributed by atoms with Crippen LogP contribution in [0.1, 0.15) is 23.9 Å². The standard InChI is InChI=1S/C21H20N4O2S/c1-26-17-5-2-4-14-7-8-16(22-19(14)17)13-25-10-9-15(12-25)21-23-20(24-27-21)18-6-3-11-28-18/h2-8,11,15H,9-10,12-13H2,1H3. The van der Waals surface area contributed by atoms with Crippen LogP contribution in [-0.4, -0.2) is 40.2 Å². The lowest BCUT2D eigenvalue weighted by Crippen LogP contribution is -2.20. The molecule has 4 aromatic rings. The van der Waals surface area contributed by atoms with Gasteiger partial charge >= 0.3 is 0 Å². The quantitative estimate of drug-likeness (QED) is 0.503. The van der Waals surface area contributed by atoms with Gasteiger partial charge in [0.05, 0.1) is 23.6 Å². The number of hydrogen-bond donors (Lipinski definition) is 0. The third kappa shape index (κ3) is 3.27. The third-order valence-electron chi connectivity index (χ3n) is 5.15. The number of thiophene rings is 1. The highest BCUT2D eigenvalue weighted by molar-refractivity contribution is 7.13. The van der Waals surface area contributed by atoms with E-state index in [1.165, 1.54) is 0 Å². The van der Waals surface area contributed by atoms with Gasteiger partial charge in [0, 0.05) is 18.5 Å². The summed E-state index contributed by atoms with van der Waals surface area (Å²) in [5, 5.41) is 7.26. The lowest BCUT2D eigenvalue weighted by molar-refractivity contribution is 0.306. The summed E-state index contributed by atoms with van der Waals surface area (Å²) in [6.45, 7) is 2.70. The molecule has 0 bridgehead atoms. The van der Waals surface area contributed by atoms with Gasteiger partial charge in [0.25, 0.3) is 0 Å². The SMILES string of the molecule is COc1cccc2ccc(CN3CCC(c4nc(-c5cccs5)no4)C3)nc12. The van der Waals surface area contributed by atoms with Crippen LogP contribution >= 0.6 is 11.3 Å². The number of pyridine rings is 1. The molecule has 0 aliphatic carbocycles. The van der Waals surface area contributed by atoms with E-state index in [9.17, 15) is 0 Å². The van der Waals surface area contributed by atoms with Crippen LogP contribution in [0.3, 0.4) is 0 Å². The lowest BCUT2D eigenvalue weighted by atomic mass is 10.1. The first-order valence-electron chi connectivity index (χ1n) is 9.32. The van der Waals surface area contributed by atoms with Gasteiger partial charge in [-0.1, -0.05) is 29.4 Å². The van der Waals surface area contributed by atoms with Crippen LogP contribution in [-0.2, 0) is 6.54 Å². The van der Waals surface area contributed by atoms with E-state index in [4.69, 9.17) is 14.2 Å². The van der Waals surface area contributed by atoms with Crippen molar-refractivity contribution < 1.29 is 9.26 Å². The van der Waals surface area contributed by atoms with E-state index in [0.29, 0.717) is 5.82 Å². The number of likely N-dealkylation sites (tertiary alicyclic amines) is 1. The number of hydrogen-bond acceptors (Lipinski definition) is 7. The summed E-state index contributed by atoms with van der Waals surface area (Å²) < 4.78 is 11.0. The first-order valence-corrected chi connectivity index (χ1v) is 10.2. The van der Waals surface area contributed by atoms with Gasteiger partial charge < -0.3 is 9.26 Å². The maximum atomic E-state index is 5.55. The Hall–Kier alpha value is -2.77. The number of nitrogens with zero attached hydrogens (tertiary/aromatic N) is 4. The normalized spacial score (nSPS) is 17.4. The lowest BCUT2D eigenvalue weighted by Gasteiger charge is -2.15. The molecule has 0 saturated carbocycles. The van der Waals surface area contributed by atoms with Gasteiger partial charge in [-0.3, -0.25) is 4.90 Å². The predicted molar refractivity (Wildman–Crippen MR) is 109 cm³/mol. The van der Waals surface area contributed by atoms with Crippen molar-refractivity contribution in [3.8, 4) is 16.5 Å². The molecule has 3 aromatic heterocycles. The van der Waals surface area contributed by atoms with Gasteiger partial charge in [0.2, 0.25) is 11.7 Å². The second-order valence-corrected chi connectivity index (χ2v) is 7.94. The van der Waals surface area contributed by atoms with Crippen molar-refractivity contribution >= 4 is 22.2 Å². The molecule has 7 heteroatoms. The number of methoxy groups -OCH3 is 1. The minimum atomic E-state index is 0.274. The largest absolute Gasteiger partial charge is 0.494 e. The number of aromatic nitrogens is 3. The van der Waals surface area contributed by atoms with Crippen molar-refractivity contribution in [3.63, 3.8) is 0 Å². The smallest absolute Gasteiger partial charge is 0.231 e. The Morgan fingerprint density at radius 1 is 1.18 bits per heavy atom. The zero-order valence-electron chi connectivity index (χ0n) is 15.5. The fourth-order valence-electron chi connectivity index (χ4n) is 3.73. The Bertz CT molecular complexity index is 1090. The Morgan fingerprint density at radius 2 is 2.14 bits per heavy atom. The number of benzene rings is 1. The molecule has 0 N–H and O–H groups in total. The van der Waals surface area contributed by atoms with Gasteiger partial charge in [-0.25, -0.2) is 4.98 Å². The molecule has 1 unspecified atom stereocenters. The highest BCUT2D eigenvalue weighted by Crippen LogP contribution is 2.30. The second kappa shape index (κ2) is 7.33. The molecule has 1 aromatic carbocycles. The van der Waals surface area contributed by atoms with E-state index in [2.05, 4.69) is 33.2 Å². The number of para-hydroxylation sites is 1. The average Bonchev–Trinajstić information content (AvgIpc) is 3.47. The zero-order valence-corrected chi connectivity index (χ0v) is 16.4. The average molecular weight is 392 g/mol. The van der Waals surface area contributed by atoms with Crippen LogP contribution in [0.25, 0.3) is 21.6 Å². The van der Waals surface area contributed by atoms with Crippen molar-refractivity contribution in [1.82, 2.24) is 20.0 Å². The van der Waals surface area contributed by atoms with E-state index in [-0.39, 0.29) is 5.92 Å². The van der Waals surface area contributed by atoms with Crippen molar-refractivity contribution in [2.24, 2.45) is 0 Å². The van der Waals surface area contributed by atoms with Gasteiger partial charge in [0.15, 0.2) is 0 Å². The Labute approximate surface area is 166 Å². The second-order valence-electron chi connectivity index (χ2n) is 6.99. The van der Waals surface area contributed by atoms with Gasteiger partial charge in [-0.05, 0) is 36.5 Å². The highest BCUT2D eigenvalue weighted by atomic mass is 32.1. The van der Waals surface area contributed by atoms with Crippen molar-refractivity contribution in [2.75, 3.05) is 20.2 Å². The molecule has 1 fully saturated rings. The molecule has 0 radical (unpaired) electrons. The Balaban J connectivity index is 1.30. The van der Waals surface area contributed by atoms with Gasteiger partial charge in [-0.2, -0.15) is 4.98 Å². The van der Waals surface area contributed by atoms with E-state index in [1.807, 2.05) is 29.6 Å². The molecule has 0 spiro atoms. The fourth-order valence-corrected chi connectivity index (χ4v) is 4.38. The molecular weight excluding hydrogens is 372 g/mol. The molecule has 1 aliphatic heterocycles. The maximum Gasteiger partial charge on any atom is 0.231 e. The first kappa shape index (κ1) is 17.3. The fraction of sp³-hybridized carbons (Fsp3) is 0.286. The minimum absolute atomic E-state index is 0.274. The van der Waals surface area contributed by atoms with Crippen LogP contribution in [0.4, 0.5) is 0 Å². The van der Waals surface area contributed by atoms with E-state index >= 15 is 0 Å². The number of rotatable bonds is 5. The summed E-state index contributed by atoms with van der Waals surface area (Å²) in [4.78, 5) is 12.9. The van der Waals surface area contributed by atoms with E-state index < -0.39 is 0 Å². The summed E-state index contributed by atoms with van der Waals surface area (Å²) >= 11 is 1.62. The van der Waals surface area contributed by atoms with Crippen LogP contribution < -0.4 is 4.74 Å². The van der Waals surface area contributed by atoms with E-state index in [0.717, 1.165) is 59.2 Å². The summed E-state index contributed by atoms with van der Waals surface area (Å²) in [7, 11) is 1.68. The molecule has 0 amide bonds. The summed E-state index contributed by atoms with van der Waals surface area (Å²) in [6, 6.07) is 14.2. The van der Waals surface area contributed by atoms with Crippen molar-refractivity contribution in [2.45, 2.75) is 18.9 Å². The van der Waals surface area contributed by atoms with Gasteiger partial charge in [0.1, 0.15) is 11.3 Å². The zero-order chi connectivity index (χ0) is 18.9. The molecule has 1 saturated heterocycles. The van der Waals surface area contributed by atoms with Crippen LogP contribution in [0.2, 0.25) is 0 Å². The van der Waals surface area contributed by atoms with Crippen molar-refractivity contribution in [1.29, 1.82) is 0 Å².